The fourth-order valence-corrected chi connectivity index (χ4v) is 3.40. The largest absolute Gasteiger partial charge is 0.493 e. The van der Waals surface area contributed by atoms with Crippen LogP contribution in [0, 0.1) is 0 Å². The van der Waals surface area contributed by atoms with Crippen molar-refractivity contribution in [1.29, 1.82) is 0 Å². The van der Waals surface area contributed by atoms with Gasteiger partial charge in [0.25, 0.3) is 5.91 Å². The van der Waals surface area contributed by atoms with E-state index in [0.717, 1.165) is 34.9 Å². The third-order valence-electron chi connectivity index (χ3n) is 3.72. The van der Waals surface area contributed by atoms with Gasteiger partial charge in [-0.15, -0.1) is 0 Å². The molecule has 1 heterocycles. The number of carbonyl (C=O) groups excluding carboxylic acids is 1. The van der Waals surface area contributed by atoms with Gasteiger partial charge in [-0.1, -0.05) is 67.7 Å². The van der Waals surface area contributed by atoms with Gasteiger partial charge in [-0.25, -0.2) is 0 Å². The van der Waals surface area contributed by atoms with Gasteiger partial charge in [-0.3, -0.25) is 4.79 Å². The average molecular weight is 358 g/mol. The first kappa shape index (κ1) is 16.9. The Bertz CT molecular complexity index is 789. The van der Waals surface area contributed by atoms with E-state index in [1.165, 1.54) is 16.8 Å². The summed E-state index contributed by atoms with van der Waals surface area (Å²) in [4.78, 5) is 11.8. The number of hydrogen-bond donors (Lipinski definition) is 0. The number of amides is 1. The molecule has 2 aromatic carbocycles. The predicted octanol–water partition coefficient (Wildman–Crippen LogP) is 4.21. The number of benzene rings is 2. The fraction of sp³-hybridized carbons (Fsp3) is 0.278. The van der Waals surface area contributed by atoms with Crippen molar-refractivity contribution in [3.05, 3.63) is 42.0 Å². The first-order valence-electron chi connectivity index (χ1n) is 7.89. The number of nitrogens with zero attached hydrogens (tertiary/aromatic N) is 2. The van der Waals surface area contributed by atoms with Crippen molar-refractivity contribution in [1.82, 2.24) is 5.01 Å². The number of carbonyl (C=O) groups is 1. The smallest absolute Gasteiger partial charge is 0.259 e. The van der Waals surface area contributed by atoms with Crippen LogP contribution < -0.4 is 4.74 Å². The first-order valence-corrected chi connectivity index (χ1v) is 9.28. The maximum atomic E-state index is 11.8. The zero-order valence-electron chi connectivity index (χ0n) is 13.4. The average Bonchev–Trinajstić information content (AvgIpc) is 2.92. The van der Waals surface area contributed by atoms with Crippen LogP contribution in [0.2, 0.25) is 0 Å². The molecule has 4 nitrogen and oxygen atoms in total. The monoisotopic (exact) mass is 358 g/mol. The topological polar surface area (TPSA) is 41.9 Å². The third kappa shape index (κ3) is 3.60. The van der Waals surface area contributed by atoms with Crippen molar-refractivity contribution in [3.63, 3.8) is 0 Å². The van der Waals surface area contributed by atoms with Crippen LogP contribution in [-0.4, -0.2) is 33.8 Å². The molecule has 3 rings (SSSR count). The van der Waals surface area contributed by atoms with E-state index in [1.54, 1.807) is 6.21 Å². The number of thioether (sulfide) groups is 1. The van der Waals surface area contributed by atoms with Gasteiger partial charge < -0.3 is 4.74 Å². The number of thiocarbonyl (C=S) groups is 1. The number of hydrogen-bond acceptors (Lipinski definition) is 5. The lowest BCUT2D eigenvalue weighted by molar-refractivity contribution is -0.123. The van der Waals surface area contributed by atoms with Crippen LogP contribution in [0.15, 0.2) is 41.5 Å². The van der Waals surface area contributed by atoms with Crippen LogP contribution in [-0.2, 0) is 4.79 Å². The number of unbranched alkanes of at least 4 members (excludes halogenated alkanes) is 1. The highest BCUT2D eigenvalue weighted by molar-refractivity contribution is 8.23. The molecule has 0 spiro atoms. The summed E-state index contributed by atoms with van der Waals surface area (Å²) in [5.74, 6) is 1.04. The van der Waals surface area contributed by atoms with Crippen LogP contribution in [0.5, 0.6) is 5.75 Å². The SMILES string of the molecule is CCCCOc1ccc2ccccc2c1/C=N/N1C(=O)CSC1=S. The van der Waals surface area contributed by atoms with Gasteiger partial charge in [-0.2, -0.15) is 10.1 Å². The Kier molecular flexibility index (Phi) is 5.48. The Morgan fingerprint density at radius 2 is 2.17 bits per heavy atom. The summed E-state index contributed by atoms with van der Waals surface area (Å²) in [7, 11) is 0. The van der Waals surface area contributed by atoms with E-state index in [9.17, 15) is 4.79 Å². The number of rotatable bonds is 6. The Morgan fingerprint density at radius 1 is 1.33 bits per heavy atom. The van der Waals surface area contributed by atoms with Crippen LogP contribution in [0.1, 0.15) is 25.3 Å². The van der Waals surface area contributed by atoms with Crippen molar-refractivity contribution in [2.75, 3.05) is 12.4 Å². The van der Waals surface area contributed by atoms with E-state index < -0.39 is 0 Å². The summed E-state index contributed by atoms with van der Waals surface area (Å²) >= 11 is 6.51. The van der Waals surface area contributed by atoms with Gasteiger partial charge in [-0.05, 0) is 23.3 Å². The summed E-state index contributed by atoms with van der Waals surface area (Å²) in [5, 5.41) is 7.75. The summed E-state index contributed by atoms with van der Waals surface area (Å²) < 4.78 is 6.41. The molecule has 0 aromatic heterocycles. The van der Waals surface area contributed by atoms with Gasteiger partial charge in [0.2, 0.25) is 0 Å². The van der Waals surface area contributed by atoms with E-state index in [0.29, 0.717) is 16.7 Å². The number of fused-ring (bicyclic) bond motifs is 1. The highest BCUT2D eigenvalue weighted by atomic mass is 32.2. The lowest BCUT2D eigenvalue weighted by Gasteiger charge is -2.12. The fourth-order valence-electron chi connectivity index (χ4n) is 2.44. The van der Waals surface area contributed by atoms with E-state index in [4.69, 9.17) is 17.0 Å². The molecular formula is C18H18N2O2S2. The standard InChI is InChI=1S/C18H18N2O2S2/c1-2-3-10-22-16-9-8-13-6-4-5-7-14(13)15(16)11-19-20-17(21)12-24-18(20)23/h4-9,11H,2-3,10,12H2,1H3/b19-11+. The van der Waals surface area contributed by atoms with Gasteiger partial charge in [0, 0.05) is 5.56 Å². The molecule has 0 unspecified atom stereocenters. The highest BCUT2D eigenvalue weighted by Crippen LogP contribution is 2.28. The van der Waals surface area contributed by atoms with Crippen LogP contribution in [0.4, 0.5) is 0 Å². The van der Waals surface area contributed by atoms with Crippen molar-refractivity contribution >= 4 is 51.2 Å². The molecule has 0 N–H and O–H groups in total. The summed E-state index contributed by atoms with van der Waals surface area (Å²) in [6, 6.07) is 12.0. The van der Waals surface area contributed by atoms with Gasteiger partial charge in [0.05, 0.1) is 18.6 Å². The van der Waals surface area contributed by atoms with Crippen molar-refractivity contribution in [3.8, 4) is 5.75 Å². The zero-order chi connectivity index (χ0) is 16.9. The molecular weight excluding hydrogens is 340 g/mol. The summed E-state index contributed by atoms with van der Waals surface area (Å²) in [6.07, 6.45) is 3.75. The van der Waals surface area contributed by atoms with Crippen molar-refractivity contribution < 1.29 is 9.53 Å². The molecule has 1 amide bonds. The summed E-state index contributed by atoms with van der Waals surface area (Å²) in [6.45, 7) is 2.79. The van der Waals surface area contributed by atoms with Gasteiger partial charge in [0.1, 0.15) is 5.75 Å². The molecule has 0 saturated carbocycles. The molecule has 0 bridgehead atoms. The number of hydrazone groups is 1. The zero-order valence-corrected chi connectivity index (χ0v) is 15.0. The second-order valence-electron chi connectivity index (χ2n) is 5.41. The minimum atomic E-state index is -0.0880. The molecule has 0 aliphatic carbocycles. The third-order valence-corrected chi connectivity index (χ3v) is 5.05. The maximum absolute atomic E-state index is 11.8. The van der Waals surface area contributed by atoms with Crippen molar-refractivity contribution in [2.24, 2.45) is 5.10 Å². The molecule has 124 valence electrons. The molecule has 1 saturated heterocycles. The minimum Gasteiger partial charge on any atom is -0.493 e. The first-order chi connectivity index (χ1) is 11.7. The Balaban J connectivity index is 1.97. The Labute approximate surface area is 150 Å². The lowest BCUT2D eigenvalue weighted by Crippen LogP contribution is -2.22. The minimum absolute atomic E-state index is 0.0880. The molecule has 1 fully saturated rings. The van der Waals surface area contributed by atoms with Crippen LogP contribution in [0.3, 0.4) is 0 Å². The quantitative estimate of drug-likeness (QED) is 0.441. The van der Waals surface area contributed by atoms with Crippen LogP contribution in [0.25, 0.3) is 10.8 Å². The van der Waals surface area contributed by atoms with E-state index in [-0.39, 0.29) is 5.91 Å². The molecule has 1 aliphatic rings. The van der Waals surface area contributed by atoms with E-state index in [1.807, 2.05) is 36.4 Å². The van der Waals surface area contributed by atoms with Crippen LogP contribution >= 0.6 is 24.0 Å². The Morgan fingerprint density at radius 3 is 2.92 bits per heavy atom. The highest BCUT2D eigenvalue weighted by Gasteiger charge is 2.26. The lowest BCUT2D eigenvalue weighted by atomic mass is 10.0. The van der Waals surface area contributed by atoms with Crippen molar-refractivity contribution in [2.45, 2.75) is 19.8 Å². The molecule has 0 atom stereocenters. The second-order valence-corrected chi connectivity index (χ2v) is 7.01. The summed E-state index contributed by atoms with van der Waals surface area (Å²) in [5.41, 5.74) is 0.872. The molecule has 6 heteroatoms. The van der Waals surface area contributed by atoms with E-state index in [2.05, 4.69) is 12.0 Å². The van der Waals surface area contributed by atoms with Gasteiger partial charge >= 0.3 is 0 Å². The number of ether oxygens (including phenoxy) is 1. The van der Waals surface area contributed by atoms with Gasteiger partial charge in [0.15, 0.2) is 4.32 Å². The second kappa shape index (κ2) is 7.77. The Hall–Kier alpha value is -1.92. The molecule has 2 aromatic rings. The molecule has 24 heavy (non-hydrogen) atoms. The molecule has 1 aliphatic heterocycles. The maximum Gasteiger partial charge on any atom is 0.259 e. The van der Waals surface area contributed by atoms with E-state index >= 15 is 0 Å². The predicted molar refractivity (Wildman–Crippen MR) is 104 cm³/mol. The normalized spacial score (nSPS) is 15.0. The molecule has 0 radical (unpaired) electrons.